The molecule has 28 atom stereocenters. The van der Waals surface area contributed by atoms with Crippen molar-refractivity contribution in [1.29, 1.82) is 0 Å². The molecule has 81 heavy (non-hydrogen) atoms. The number of aliphatic hydroxyl groups is 10. The SMILES string of the molecule is CO[C@@H]1[C@@H](C)[C@H](O[C@@H]2[C@@H](O)[C@H](O[C@H]3[C@H](O)[C@@H](O)[C@@H](O[C@H]4[C@H](OC5CC[C@]6(C)C7=CC(O)C89C(=O)O[C@@](C)(CCCC(C)(C)O)[C@@]8(O)CC[C@@]9(C)C7CCC6C5(C)C)OC[C@@H](OS(=O)(=O)O)[C@@H]4O)O[C@@H]3C)O[C@H](C)[C@H]2O)O[C@H](CO)[C@H]1O. The van der Waals surface area contributed by atoms with Gasteiger partial charge in [-0.05, 0) is 120 Å². The van der Waals surface area contributed by atoms with E-state index in [1.165, 1.54) is 21.0 Å². The molecule has 466 valence electrons. The van der Waals surface area contributed by atoms with Crippen LogP contribution in [0.1, 0.15) is 127 Å². The number of aliphatic hydroxyl groups excluding tert-OH is 8. The maximum atomic E-state index is 14.5. The Balaban J connectivity index is 0.906. The first kappa shape index (κ1) is 63.8. The number of fused-ring (bicyclic) bond motifs is 4. The van der Waals surface area contributed by atoms with Gasteiger partial charge in [-0.1, -0.05) is 46.3 Å². The smallest absolute Gasteiger partial charge is 0.397 e. The number of carbonyl (C=O) groups is 1. The molecule has 0 amide bonds. The molecule has 9 aliphatic rings. The van der Waals surface area contributed by atoms with E-state index in [0.29, 0.717) is 51.4 Å². The molecule has 26 heteroatoms. The highest BCUT2D eigenvalue weighted by Crippen LogP contribution is 2.77. The summed E-state index contributed by atoms with van der Waals surface area (Å²) in [6.07, 6.45) is -23.0. The Bertz CT molecular complexity index is 2410. The molecule has 5 saturated heterocycles. The highest BCUT2D eigenvalue weighted by atomic mass is 32.3. The molecular formula is C55H90O25S. The van der Waals surface area contributed by atoms with Crippen molar-refractivity contribution in [2.75, 3.05) is 20.3 Å². The predicted octanol–water partition coefficient (Wildman–Crippen LogP) is 0.0225. The Morgan fingerprint density at radius 3 is 2.01 bits per heavy atom. The van der Waals surface area contributed by atoms with E-state index < -0.39 is 197 Å². The molecule has 5 heterocycles. The molecule has 1 spiro atoms. The summed E-state index contributed by atoms with van der Waals surface area (Å²) in [5.41, 5.74) is -6.71. The van der Waals surface area contributed by atoms with Gasteiger partial charge in [-0.15, -0.1) is 0 Å². The zero-order valence-corrected chi connectivity index (χ0v) is 49.0. The van der Waals surface area contributed by atoms with E-state index in [1.807, 2.05) is 20.8 Å². The Hall–Kier alpha value is -1.68. The van der Waals surface area contributed by atoms with Crippen molar-refractivity contribution in [3.63, 3.8) is 0 Å². The molecule has 9 rings (SSSR count). The van der Waals surface area contributed by atoms with Crippen LogP contribution in [0.2, 0.25) is 0 Å². The molecule has 4 aliphatic carbocycles. The van der Waals surface area contributed by atoms with Crippen molar-refractivity contribution in [2.45, 2.75) is 267 Å². The second-order valence-corrected chi connectivity index (χ2v) is 27.8. The fourth-order valence-electron chi connectivity index (χ4n) is 16.7. The van der Waals surface area contributed by atoms with Crippen LogP contribution >= 0.6 is 0 Å². The minimum absolute atomic E-state index is 0.112. The summed E-state index contributed by atoms with van der Waals surface area (Å²) in [6.45, 7) is 16.8. The van der Waals surface area contributed by atoms with E-state index in [4.69, 9.17) is 51.6 Å². The van der Waals surface area contributed by atoms with E-state index in [0.717, 1.165) is 5.57 Å². The Morgan fingerprint density at radius 1 is 0.728 bits per heavy atom. The molecule has 3 saturated carbocycles. The maximum Gasteiger partial charge on any atom is 0.397 e. The minimum Gasteiger partial charge on any atom is -0.456 e. The largest absolute Gasteiger partial charge is 0.456 e. The fourth-order valence-corrected chi connectivity index (χ4v) is 17.1. The quantitative estimate of drug-likeness (QED) is 0.0420. The number of allylic oxidation sites excluding steroid dienone is 1. The number of hydrogen-bond acceptors (Lipinski definition) is 24. The molecule has 0 aromatic carbocycles. The first-order valence-electron chi connectivity index (χ1n) is 28.7. The van der Waals surface area contributed by atoms with Gasteiger partial charge in [-0.3, -0.25) is 9.35 Å². The summed E-state index contributed by atoms with van der Waals surface area (Å²) in [4.78, 5) is 14.5. The van der Waals surface area contributed by atoms with Gasteiger partial charge in [-0.2, -0.15) is 8.42 Å². The standard InChI is InChI=1S/C55H90O25S/c1-24-40(70-11)35(59)29(22-56)74-44(24)77-42-34(58)25(2)72-46(39(42)63)76-41-26(3)73-45(38(62)37(41)61)78-43-36(60)30(80-81(67,68)69)23-71-47(43)75-33-15-18-51(8)28-21-32(57)55-48(64)79-53(10,17-12-16-49(4,5)65)54(55,66)20-19-52(55,9)27(28)13-14-31(51)50(33,6)7/h21,24-27,29-47,56-63,65-66H,12-20,22-23H2,1-11H3,(H,67,68,69)/t24-,25-,26-,27?,29-,30-,31?,32?,33?,34-,35-,36+,37-,38-,39-,40-,41-,42+,43-,44+,45-,46+,47+,51-,52+,53+,54+,55?/m1/s1. The van der Waals surface area contributed by atoms with Crippen molar-refractivity contribution in [2.24, 2.45) is 39.4 Å². The topological polar surface area (TPSA) is 375 Å². The third kappa shape index (κ3) is 10.5. The molecule has 0 radical (unpaired) electrons. The van der Waals surface area contributed by atoms with Crippen molar-refractivity contribution in [3.05, 3.63) is 11.6 Å². The summed E-state index contributed by atoms with van der Waals surface area (Å²) < 4.78 is 99.1. The summed E-state index contributed by atoms with van der Waals surface area (Å²) in [6, 6.07) is 0. The number of cyclic esters (lactones) is 1. The average Bonchev–Trinajstić information content (AvgIpc) is 1.78. The maximum absolute atomic E-state index is 14.5. The first-order valence-corrected chi connectivity index (χ1v) is 30.1. The fraction of sp³-hybridized carbons (Fsp3) is 0.945. The average molecular weight is 1180 g/mol. The van der Waals surface area contributed by atoms with Crippen LogP contribution in [0.25, 0.3) is 0 Å². The molecule has 0 bridgehead atoms. The molecule has 0 aromatic rings. The normalized spacial score (nSPS) is 51.8. The van der Waals surface area contributed by atoms with Crippen LogP contribution in [0.3, 0.4) is 0 Å². The van der Waals surface area contributed by atoms with Crippen LogP contribution in [0.4, 0.5) is 0 Å². The molecule has 0 aromatic heterocycles. The van der Waals surface area contributed by atoms with Gasteiger partial charge in [-0.25, -0.2) is 4.18 Å². The monoisotopic (exact) mass is 1180 g/mol. The summed E-state index contributed by atoms with van der Waals surface area (Å²) in [5.74, 6) is -1.59. The van der Waals surface area contributed by atoms with Crippen LogP contribution in [0, 0.1) is 39.4 Å². The third-order valence-corrected chi connectivity index (χ3v) is 21.6. The second-order valence-electron chi connectivity index (χ2n) is 26.7. The van der Waals surface area contributed by atoms with Gasteiger partial charge >= 0.3 is 16.4 Å². The summed E-state index contributed by atoms with van der Waals surface area (Å²) in [7, 11) is -3.80. The van der Waals surface area contributed by atoms with Gasteiger partial charge in [0.1, 0.15) is 83.8 Å². The highest BCUT2D eigenvalue weighted by Gasteiger charge is 2.85. The predicted molar refractivity (Wildman–Crippen MR) is 277 cm³/mol. The number of esters is 1. The molecule has 5 aliphatic heterocycles. The van der Waals surface area contributed by atoms with Gasteiger partial charge in [0.2, 0.25) is 0 Å². The van der Waals surface area contributed by atoms with Gasteiger partial charge in [0, 0.05) is 13.0 Å². The van der Waals surface area contributed by atoms with Gasteiger partial charge in [0.05, 0.1) is 49.3 Å². The Kier molecular flexibility index (Phi) is 17.7. The Morgan fingerprint density at radius 2 is 1.37 bits per heavy atom. The van der Waals surface area contributed by atoms with Gasteiger partial charge in [0.15, 0.2) is 25.2 Å². The number of methoxy groups -OCH3 is 1. The van der Waals surface area contributed by atoms with Crippen molar-refractivity contribution in [1.82, 2.24) is 0 Å². The minimum atomic E-state index is -5.17. The number of ether oxygens (including phenoxy) is 10. The highest BCUT2D eigenvalue weighted by molar-refractivity contribution is 7.80. The van der Waals surface area contributed by atoms with Crippen LogP contribution in [-0.2, 0) is 66.7 Å². The molecule has 11 N–H and O–H groups in total. The first-order chi connectivity index (χ1) is 37.6. The van der Waals surface area contributed by atoms with E-state index in [2.05, 4.69) is 6.92 Å². The zero-order valence-electron chi connectivity index (χ0n) is 48.2. The van der Waals surface area contributed by atoms with E-state index in [1.54, 1.807) is 33.8 Å². The van der Waals surface area contributed by atoms with Gasteiger partial charge in [0.25, 0.3) is 0 Å². The molecule has 8 fully saturated rings. The lowest BCUT2D eigenvalue weighted by atomic mass is 9.40. The van der Waals surface area contributed by atoms with Crippen LogP contribution < -0.4 is 0 Å². The van der Waals surface area contributed by atoms with Crippen molar-refractivity contribution < 1.29 is 120 Å². The summed E-state index contributed by atoms with van der Waals surface area (Å²) >= 11 is 0. The van der Waals surface area contributed by atoms with Crippen LogP contribution in [0.15, 0.2) is 11.6 Å². The van der Waals surface area contributed by atoms with E-state index in [-0.39, 0.29) is 18.3 Å². The number of hydrogen-bond donors (Lipinski definition) is 11. The van der Waals surface area contributed by atoms with Crippen molar-refractivity contribution in [3.8, 4) is 0 Å². The number of carbonyl (C=O) groups excluding carboxylic acids is 1. The van der Waals surface area contributed by atoms with E-state index >= 15 is 0 Å². The summed E-state index contributed by atoms with van der Waals surface area (Å²) in [5, 5.41) is 114. The molecule has 25 nitrogen and oxygen atoms in total. The zero-order chi connectivity index (χ0) is 59.7. The second kappa shape index (κ2) is 22.5. The lowest BCUT2D eigenvalue weighted by Gasteiger charge is -2.64. The molecular weight excluding hydrogens is 1090 g/mol. The van der Waals surface area contributed by atoms with Crippen LogP contribution in [-0.4, -0.2) is 230 Å². The Labute approximate surface area is 473 Å². The lowest BCUT2D eigenvalue weighted by Crippen LogP contribution is -2.68. The van der Waals surface area contributed by atoms with E-state index in [9.17, 15) is 68.8 Å². The van der Waals surface area contributed by atoms with Crippen molar-refractivity contribution >= 4 is 16.4 Å². The molecule has 5 unspecified atom stereocenters. The van der Waals surface area contributed by atoms with Gasteiger partial charge < -0.3 is 98.4 Å². The lowest BCUT2D eigenvalue weighted by molar-refractivity contribution is -0.385. The van der Waals surface area contributed by atoms with Crippen LogP contribution in [0.5, 0.6) is 0 Å². The third-order valence-electron chi connectivity index (χ3n) is 21.1. The number of rotatable bonds is 16.